The van der Waals surface area contributed by atoms with Crippen molar-refractivity contribution in [2.24, 2.45) is 5.92 Å². The maximum atomic E-state index is 11.4. The highest BCUT2D eigenvalue weighted by Crippen LogP contribution is 2.28. The molecule has 0 aliphatic heterocycles. The molecule has 4 heteroatoms. The van der Waals surface area contributed by atoms with Gasteiger partial charge in [-0.15, -0.1) is 0 Å². The lowest BCUT2D eigenvalue weighted by Crippen LogP contribution is -2.20. The molecule has 0 heterocycles. The molecule has 1 aliphatic rings. The number of hydrogen-bond acceptors (Lipinski definition) is 2. The zero-order chi connectivity index (χ0) is 12.3. The number of amides is 1. The molecule has 1 aromatic carbocycles. The van der Waals surface area contributed by atoms with E-state index in [0.29, 0.717) is 5.56 Å². The predicted molar refractivity (Wildman–Crippen MR) is 62.9 cm³/mol. The van der Waals surface area contributed by atoms with Crippen molar-refractivity contribution in [1.29, 1.82) is 0 Å². The molecule has 17 heavy (non-hydrogen) atoms. The van der Waals surface area contributed by atoms with Gasteiger partial charge in [-0.3, -0.25) is 4.79 Å². The van der Waals surface area contributed by atoms with Crippen molar-refractivity contribution >= 4 is 17.4 Å². The summed E-state index contributed by atoms with van der Waals surface area (Å²) in [6.45, 7) is 0. The van der Waals surface area contributed by atoms with Crippen LogP contribution >= 0.6 is 0 Å². The summed E-state index contributed by atoms with van der Waals surface area (Å²) in [4.78, 5) is 22.5. The van der Waals surface area contributed by atoms with Crippen LogP contribution in [-0.4, -0.2) is 17.0 Å². The van der Waals surface area contributed by atoms with Crippen LogP contribution in [0.3, 0.4) is 0 Å². The largest absolute Gasteiger partial charge is 0.478 e. The topological polar surface area (TPSA) is 66.4 Å². The van der Waals surface area contributed by atoms with Crippen molar-refractivity contribution in [2.45, 2.75) is 12.8 Å². The Labute approximate surface area is 99.0 Å². The molecule has 1 aromatic rings. The minimum absolute atomic E-state index is 0.0667. The Kier molecular flexibility index (Phi) is 3.23. The van der Waals surface area contributed by atoms with E-state index >= 15 is 0 Å². The molecule has 2 rings (SSSR count). The molecule has 0 unspecified atom stereocenters. The van der Waals surface area contributed by atoms with Gasteiger partial charge in [0.05, 0.1) is 5.57 Å². The average Bonchev–Trinajstić information content (AvgIpc) is 3.14. The predicted octanol–water partition coefficient (Wildman–Crippen LogP) is 1.64. The van der Waals surface area contributed by atoms with Gasteiger partial charge < -0.3 is 10.4 Å². The summed E-state index contributed by atoms with van der Waals surface area (Å²) in [6.07, 6.45) is 3.07. The highest BCUT2D eigenvalue weighted by atomic mass is 16.4. The maximum Gasteiger partial charge on any atom is 0.337 e. The molecule has 1 saturated carbocycles. The summed E-state index contributed by atoms with van der Waals surface area (Å²) in [7, 11) is 0. The van der Waals surface area contributed by atoms with Crippen molar-refractivity contribution in [3.63, 3.8) is 0 Å². The minimum atomic E-state index is -1.05. The van der Waals surface area contributed by atoms with Crippen molar-refractivity contribution in [3.8, 4) is 0 Å². The fourth-order valence-corrected chi connectivity index (χ4v) is 1.49. The fourth-order valence-electron chi connectivity index (χ4n) is 1.49. The van der Waals surface area contributed by atoms with E-state index in [1.807, 2.05) is 6.07 Å². The number of hydrogen-bond donors (Lipinski definition) is 2. The number of nitrogens with one attached hydrogen (secondary N) is 1. The Morgan fingerprint density at radius 1 is 1.24 bits per heavy atom. The van der Waals surface area contributed by atoms with Crippen molar-refractivity contribution in [3.05, 3.63) is 42.1 Å². The Hall–Kier alpha value is -2.10. The van der Waals surface area contributed by atoms with Crippen LogP contribution in [0.15, 0.2) is 36.5 Å². The van der Waals surface area contributed by atoms with E-state index in [4.69, 9.17) is 5.11 Å². The normalized spacial score (nSPS) is 15.4. The Morgan fingerprint density at radius 2 is 1.88 bits per heavy atom. The van der Waals surface area contributed by atoms with E-state index in [-0.39, 0.29) is 17.4 Å². The molecule has 1 aliphatic carbocycles. The number of carboxylic acid groups (broad SMARTS) is 1. The van der Waals surface area contributed by atoms with Crippen LogP contribution in [0.25, 0.3) is 5.57 Å². The third kappa shape index (κ3) is 2.93. The standard InChI is InChI=1S/C13H13NO3/c15-12(10-6-7-10)14-8-11(13(16)17)9-4-2-1-3-5-9/h1-5,8,10H,6-7H2,(H,14,15)(H,16,17). The Morgan fingerprint density at radius 3 is 2.41 bits per heavy atom. The Balaban J connectivity index is 2.14. The van der Waals surface area contributed by atoms with E-state index in [0.717, 1.165) is 12.8 Å². The lowest BCUT2D eigenvalue weighted by molar-refractivity contribution is -0.130. The van der Waals surface area contributed by atoms with Gasteiger partial charge in [0.15, 0.2) is 0 Å². The van der Waals surface area contributed by atoms with Crippen molar-refractivity contribution in [2.75, 3.05) is 0 Å². The van der Waals surface area contributed by atoms with Crippen LogP contribution in [-0.2, 0) is 9.59 Å². The van der Waals surface area contributed by atoms with Crippen molar-refractivity contribution < 1.29 is 14.7 Å². The minimum Gasteiger partial charge on any atom is -0.478 e. The Bertz CT molecular complexity index is 461. The van der Waals surface area contributed by atoms with Gasteiger partial charge in [-0.1, -0.05) is 30.3 Å². The summed E-state index contributed by atoms with van der Waals surface area (Å²) in [5, 5.41) is 11.6. The number of carboxylic acids is 1. The first-order chi connectivity index (χ1) is 8.18. The van der Waals surface area contributed by atoms with Gasteiger partial charge in [0.25, 0.3) is 0 Å². The molecule has 0 bridgehead atoms. The van der Waals surface area contributed by atoms with Crippen LogP contribution in [0.1, 0.15) is 18.4 Å². The molecule has 1 fully saturated rings. The van der Waals surface area contributed by atoms with Gasteiger partial charge >= 0.3 is 5.97 Å². The number of carbonyl (C=O) groups is 2. The number of aliphatic carboxylic acids is 1. The second-order valence-corrected chi connectivity index (χ2v) is 4.01. The highest BCUT2D eigenvalue weighted by molar-refractivity contribution is 6.15. The third-order valence-corrected chi connectivity index (χ3v) is 2.62. The second-order valence-electron chi connectivity index (χ2n) is 4.01. The van der Waals surface area contributed by atoms with Crippen molar-refractivity contribution in [1.82, 2.24) is 5.32 Å². The molecule has 4 nitrogen and oxygen atoms in total. The molecule has 88 valence electrons. The van der Waals surface area contributed by atoms with Gasteiger partial charge in [0.1, 0.15) is 0 Å². The fraction of sp³-hybridized carbons (Fsp3) is 0.231. The molecule has 0 spiro atoms. The van der Waals surface area contributed by atoms with E-state index in [1.165, 1.54) is 6.20 Å². The molecule has 0 radical (unpaired) electrons. The lowest BCUT2D eigenvalue weighted by atomic mass is 10.1. The molecular weight excluding hydrogens is 218 g/mol. The molecule has 1 amide bonds. The third-order valence-electron chi connectivity index (χ3n) is 2.62. The summed E-state index contributed by atoms with van der Waals surface area (Å²) >= 11 is 0. The molecule has 0 saturated heterocycles. The molecule has 2 N–H and O–H groups in total. The van der Waals surface area contributed by atoms with E-state index in [9.17, 15) is 9.59 Å². The van der Waals surface area contributed by atoms with Gasteiger partial charge in [-0.2, -0.15) is 0 Å². The quantitative estimate of drug-likeness (QED) is 0.774. The first-order valence-corrected chi connectivity index (χ1v) is 5.48. The first kappa shape index (κ1) is 11.4. The van der Waals surface area contributed by atoms with Crippen LogP contribution < -0.4 is 5.32 Å². The highest BCUT2D eigenvalue weighted by Gasteiger charge is 2.29. The summed E-state index contributed by atoms with van der Waals surface area (Å²) < 4.78 is 0. The van der Waals surface area contributed by atoms with Gasteiger partial charge in [0, 0.05) is 12.1 Å². The number of benzene rings is 1. The zero-order valence-electron chi connectivity index (χ0n) is 9.22. The molecule has 0 aromatic heterocycles. The van der Waals surface area contributed by atoms with Gasteiger partial charge in [0.2, 0.25) is 5.91 Å². The van der Waals surface area contributed by atoms with E-state index in [2.05, 4.69) is 5.32 Å². The van der Waals surface area contributed by atoms with E-state index in [1.54, 1.807) is 24.3 Å². The van der Waals surface area contributed by atoms with Crippen LogP contribution in [0.5, 0.6) is 0 Å². The lowest BCUT2D eigenvalue weighted by Gasteiger charge is -2.03. The summed E-state index contributed by atoms with van der Waals surface area (Å²) in [6, 6.07) is 8.72. The molecular formula is C13H13NO3. The van der Waals surface area contributed by atoms with Gasteiger partial charge in [-0.25, -0.2) is 4.79 Å². The molecule has 0 atom stereocenters. The smallest absolute Gasteiger partial charge is 0.337 e. The van der Waals surface area contributed by atoms with Crippen LogP contribution in [0.4, 0.5) is 0 Å². The number of rotatable bonds is 4. The van der Waals surface area contributed by atoms with Gasteiger partial charge in [-0.05, 0) is 18.4 Å². The SMILES string of the molecule is O=C(O)C(=CNC(=O)C1CC1)c1ccccc1. The monoisotopic (exact) mass is 231 g/mol. The number of carbonyl (C=O) groups excluding carboxylic acids is 1. The second kappa shape index (κ2) is 4.82. The summed E-state index contributed by atoms with van der Waals surface area (Å²) in [5.74, 6) is -1.08. The maximum absolute atomic E-state index is 11.4. The zero-order valence-corrected chi connectivity index (χ0v) is 9.22. The first-order valence-electron chi connectivity index (χ1n) is 5.48. The average molecular weight is 231 g/mol. The van der Waals surface area contributed by atoms with Crippen LogP contribution in [0.2, 0.25) is 0 Å². The van der Waals surface area contributed by atoms with Crippen LogP contribution in [0, 0.1) is 5.92 Å². The van der Waals surface area contributed by atoms with E-state index < -0.39 is 5.97 Å². The summed E-state index contributed by atoms with van der Waals surface area (Å²) in [5.41, 5.74) is 0.677.